The Morgan fingerprint density at radius 2 is 1.30 bits per heavy atom. The van der Waals surface area contributed by atoms with Crippen LogP contribution in [0.5, 0.6) is 0 Å². The van der Waals surface area contributed by atoms with E-state index in [4.69, 9.17) is 26.6 Å². The SMILES string of the molecule is CO[Si](CCc1cccc(C)c1[Si](OC)(OC)OC)(OC)OC. The van der Waals surface area contributed by atoms with Crippen molar-refractivity contribution in [1.29, 1.82) is 0 Å². The molecular formula is C15H28O6Si2. The maximum Gasteiger partial charge on any atom is 0.536 e. The summed E-state index contributed by atoms with van der Waals surface area (Å²) < 4.78 is 33.5. The Kier molecular flexibility index (Phi) is 8.04. The topological polar surface area (TPSA) is 55.4 Å². The third-order valence-electron chi connectivity index (χ3n) is 4.10. The van der Waals surface area contributed by atoms with Crippen LogP contribution in [0.4, 0.5) is 0 Å². The molecule has 0 atom stereocenters. The van der Waals surface area contributed by atoms with Gasteiger partial charge in [-0.1, -0.05) is 18.2 Å². The molecule has 6 nitrogen and oxygen atoms in total. The average molecular weight is 361 g/mol. The largest absolute Gasteiger partial charge is 0.536 e. The monoisotopic (exact) mass is 360 g/mol. The molecule has 132 valence electrons. The van der Waals surface area contributed by atoms with Gasteiger partial charge in [-0.3, -0.25) is 0 Å². The first-order chi connectivity index (χ1) is 11.0. The van der Waals surface area contributed by atoms with E-state index in [1.807, 2.05) is 19.1 Å². The molecule has 0 unspecified atom stereocenters. The first-order valence-electron chi connectivity index (χ1n) is 7.38. The summed E-state index contributed by atoms with van der Waals surface area (Å²) in [5.41, 5.74) is 2.18. The number of benzene rings is 1. The maximum absolute atomic E-state index is 5.67. The molecule has 0 aromatic heterocycles. The summed E-state index contributed by atoms with van der Waals surface area (Å²) in [6.45, 7) is 2.03. The highest BCUT2D eigenvalue weighted by Crippen LogP contribution is 2.20. The van der Waals surface area contributed by atoms with E-state index in [1.165, 1.54) is 0 Å². The molecule has 0 saturated carbocycles. The average Bonchev–Trinajstić information content (AvgIpc) is 2.60. The summed E-state index contributed by atoms with van der Waals surface area (Å²) in [6, 6.07) is 6.77. The molecule has 23 heavy (non-hydrogen) atoms. The van der Waals surface area contributed by atoms with Gasteiger partial charge in [-0.05, 0) is 24.5 Å². The van der Waals surface area contributed by atoms with Crippen LogP contribution in [-0.4, -0.2) is 60.3 Å². The Balaban J connectivity index is 3.21. The van der Waals surface area contributed by atoms with Gasteiger partial charge in [0.05, 0.1) is 0 Å². The van der Waals surface area contributed by atoms with Gasteiger partial charge >= 0.3 is 17.6 Å². The Morgan fingerprint density at radius 1 is 0.783 bits per heavy atom. The summed E-state index contributed by atoms with van der Waals surface area (Å²) in [5.74, 6) is 0. The molecule has 0 aliphatic heterocycles. The van der Waals surface area contributed by atoms with Crippen molar-refractivity contribution in [3.8, 4) is 0 Å². The maximum atomic E-state index is 5.67. The van der Waals surface area contributed by atoms with Crippen LogP contribution in [-0.2, 0) is 33.0 Å². The smallest absolute Gasteiger partial charge is 0.377 e. The van der Waals surface area contributed by atoms with E-state index >= 15 is 0 Å². The zero-order chi connectivity index (χ0) is 17.5. The van der Waals surface area contributed by atoms with Crippen LogP contribution in [0.1, 0.15) is 11.1 Å². The van der Waals surface area contributed by atoms with Crippen molar-refractivity contribution < 1.29 is 26.6 Å². The van der Waals surface area contributed by atoms with Gasteiger partial charge in [0.1, 0.15) is 0 Å². The number of hydrogen-bond acceptors (Lipinski definition) is 6. The van der Waals surface area contributed by atoms with Gasteiger partial charge in [-0.25, -0.2) is 0 Å². The predicted octanol–water partition coefficient (Wildman–Crippen LogP) is 1.50. The minimum Gasteiger partial charge on any atom is -0.377 e. The molecule has 0 bridgehead atoms. The number of hydrogen-bond donors (Lipinski definition) is 0. The highest BCUT2D eigenvalue weighted by molar-refractivity contribution is 6.76. The van der Waals surface area contributed by atoms with Crippen LogP contribution in [0, 0.1) is 6.92 Å². The highest BCUT2D eigenvalue weighted by atomic mass is 28.4. The molecule has 0 radical (unpaired) electrons. The first kappa shape index (κ1) is 20.5. The van der Waals surface area contributed by atoms with Crippen LogP contribution in [0.3, 0.4) is 0 Å². The van der Waals surface area contributed by atoms with Crippen molar-refractivity contribution in [2.24, 2.45) is 0 Å². The fourth-order valence-corrected chi connectivity index (χ4v) is 6.74. The van der Waals surface area contributed by atoms with Gasteiger partial charge < -0.3 is 26.6 Å². The zero-order valence-electron chi connectivity index (χ0n) is 15.1. The molecule has 1 aromatic rings. The van der Waals surface area contributed by atoms with E-state index in [2.05, 4.69) is 6.07 Å². The van der Waals surface area contributed by atoms with Gasteiger partial charge in [0.15, 0.2) is 0 Å². The molecule has 0 aliphatic rings. The van der Waals surface area contributed by atoms with Crippen LogP contribution in [0.25, 0.3) is 0 Å². The quantitative estimate of drug-likeness (QED) is 0.590. The van der Waals surface area contributed by atoms with Gasteiger partial charge in [0.2, 0.25) is 0 Å². The molecule has 0 spiro atoms. The normalized spacial score (nSPS) is 12.7. The second kappa shape index (κ2) is 9.04. The van der Waals surface area contributed by atoms with E-state index < -0.39 is 17.6 Å². The molecule has 1 rings (SSSR count). The second-order valence-corrected chi connectivity index (χ2v) is 11.0. The van der Waals surface area contributed by atoms with Crippen LogP contribution in [0.15, 0.2) is 18.2 Å². The van der Waals surface area contributed by atoms with Crippen molar-refractivity contribution in [1.82, 2.24) is 0 Å². The lowest BCUT2D eigenvalue weighted by Gasteiger charge is -2.29. The van der Waals surface area contributed by atoms with Crippen molar-refractivity contribution in [3.05, 3.63) is 29.3 Å². The predicted molar refractivity (Wildman–Crippen MR) is 92.9 cm³/mol. The Morgan fingerprint density at radius 3 is 1.74 bits per heavy atom. The van der Waals surface area contributed by atoms with Gasteiger partial charge in [-0.2, -0.15) is 0 Å². The van der Waals surface area contributed by atoms with E-state index in [0.717, 1.165) is 22.7 Å². The van der Waals surface area contributed by atoms with Crippen LogP contribution < -0.4 is 5.19 Å². The van der Waals surface area contributed by atoms with E-state index in [-0.39, 0.29) is 0 Å². The molecule has 8 heteroatoms. The van der Waals surface area contributed by atoms with Crippen molar-refractivity contribution in [2.75, 3.05) is 42.7 Å². The lowest BCUT2D eigenvalue weighted by Crippen LogP contribution is -2.57. The summed E-state index contributed by atoms with van der Waals surface area (Å²) >= 11 is 0. The third-order valence-corrected chi connectivity index (χ3v) is 9.77. The summed E-state index contributed by atoms with van der Waals surface area (Å²) in [6.07, 6.45) is 0.726. The van der Waals surface area contributed by atoms with E-state index in [0.29, 0.717) is 6.04 Å². The minimum absolute atomic E-state index is 0.661. The number of aryl methyl sites for hydroxylation is 2. The standard InChI is InChI=1S/C15H28O6Si2/c1-13-9-8-10-14(11-12-22(16-2,17-3)18-4)15(13)23(19-5,20-6)21-7/h8-10H,11-12H2,1-7H3. The molecular weight excluding hydrogens is 332 g/mol. The summed E-state index contributed by atoms with van der Waals surface area (Å²) in [4.78, 5) is 0. The van der Waals surface area contributed by atoms with Crippen molar-refractivity contribution >= 4 is 22.8 Å². The van der Waals surface area contributed by atoms with Gasteiger partial charge in [0, 0.05) is 53.9 Å². The van der Waals surface area contributed by atoms with Crippen LogP contribution >= 0.6 is 0 Å². The Labute approximate surface area is 141 Å². The molecule has 1 aromatic carbocycles. The van der Waals surface area contributed by atoms with Crippen molar-refractivity contribution in [2.45, 2.75) is 19.4 Å². The fraction of sp³-hybridized carbons (Fsp3) is 0.600. The lowest BCUT2D eigenvalue weighted by atomic mass is 10.1. The molecule has 0 amide bonds. The Hall–Kier alpha value is -0.586. The summed E-state index contributed by atoms with van der Waals surface area (Å²) in [7, 11) is 4.16. The van der Waals surface area contributed by atoms with Crippen molar-refractivity contribution in [3.63, 3.8) is 0 Å². The fourth-order valence-electron chi connectivity index (χ4n) is 2.78. The zero-order valence-corrected chi connectivity index (χ0v) is 17.1. The third kappa shape index (κ3) is 4.28. The lowest BCUT2D eigenvalue weighted by molar-refractivity contribution is 0.123. The van der Waals surface area contributed by atoms with Gasteiger partial charge in [-0.15, -0.1) is 0 Å². The molecule has 0 N–H and O–H groups in total. The summed E-state index contributed by atoms with van der Waals surface area (Å²) in [5, 5.41) is 0.999. The second-order valence-electron chi connectivity index (χ2n) is 5.07. The van der Waals surface area contributed by atoms with E-state index in [1.54, 1.807) is 42.7 Å². The molecule has 0 saturated heterocycles. The molecule has 0 aliphatic carbocycles. The first-order valence-corrected chi connectivity index (χ1v) is 11.0. The molecule has 0 fully saturated rings. The minimum atomic E-state index is -2.92. The van der Waals surface area contributed by atoms with Gasteiger partial charge in [0.25, 0.3) is 0 Å². The molecule has 0 heterocycles. The van der Waals surface area contributed by atoms with Crippen LogP contribution in [0.2, 0.25) is 6.04 Å². The highest BCUT2D eigenvalue weighted by Gasteiger charge is 2.45. The van der Waals surface area contributed by atoms with E-state index in [9.17, 15) is 0 Å². The Bertz CT molecular complexity index is 472. The number of rotatable bonds is 10.